The van der Waals surface area contributed by atoms with Gasteiger partial charge in [0.15, 0.2) is 0 Å². The van der Waals surface area contributed by atoms with Gasteiger partial charge >= 0.3 is 6.03 Å². The van der Waals surface area contributed by atoms with Gasteiger partial charge in [0.1, 0.15) is 5.82 Å². The van der Waals surface area contributed by atoms with E-state index >= 15 is 0 Å². The highest BCUT2D eigenvalue weighted by molar-refractivity contribution is 7.89. The third-order valence-corrected chi connectivity index (χ3v) is 7.46. The van der Waals surface area contributed by atoms with Crippen LogP contribution in [0.3, 0.4) is 0 Å². The van der Waals surface area contributed by atoms with Gasteiger partial charge in [0.2, 0.25) is 10.0 Å². The molecule has 162 valence electrons. The maximum atomic E-state index is 13.1. The number of sulfonamides is 1. The fourth-order valence-corrected chi connectivity index (χ4v) is 5.12. The number of nitrogens with one attached hydrogen (secondary N) is 2. The number of rotatable bonds is 6. The Morgan fingerprint density at radius 1 is 1.17 bits per heavy atom. The predicted molar refractivity (Wildman–Crippen MR) is 116 cm³/mol. The first-order chi connectivity index (χ1) is 14.3. The third-order valence-electron chi connectivity index (χ3n) is 5.31. The number of nitrogens with zero attached hydrogens (tertiary/aromatic N) is 1. The second kappa shape index (κ2) is 9.76. The zero-order valence-corrected chi connectivity index (χ0v) is 18.3. The van der Waals surface area contributed by atoms with Crippen LogP contribution in [-0.4, -0.2) is 38.4 Å². The number of benzene rings is 2. The van der Waals surface area contributed by atoms with Crippen LogP contribution in [-0.2, 0) is 10.0 Å². The second-order valence-electron chi connectivity index (χ2n) is 7.43. The van der Waals surface area contributed by atoms with Crippen molar-refractivity contribution in [3.8, 4) is 0 Å². The lowest BCUT2D eigenvalue weighted by Crippen LogP contribution is -2.39. The van der Waals surface area contributed by atoms with Gasteiger partial charge in [-0.15, -0.1) is 0 Å². The first-order valence-corrected chi connectivity index (χ1v) is 11.6. The van der Waals surface area contributed by atoms with E-state index in [1.165, 1.54) is 16.4 Å². The molecule has 9 heteroatoms. The number of aryl methyl sites for hydroxylation is 1. The zero-order valence-electron chi connectivity index (χ0n) is 16.7. The maximum absolute atomic E-state index is 13.1. The minimum Gasteiger partial charge on any atom is -0.338 e. The van der Waals surface area contributed by atoms with Crippen LogP contribution < -0.4 is 10.6 Å². The molecule has 1 aliphatic heterocycles. The molecular weight excluding hydrogens is 429 g/mol. The Morgan fingerprint density at radius 3 is 2.50 bits per heavy atom. The lowest BCUT2D eigenvalue weighted by atomic mass is 9.95. The Labute approximate surface area is 181 Å². The van der Waals surface area contributed by atoms with Crippen molar-refractivity contribution in [1.29, 1.82) is 0 Å². The highest BCUT2D eigenvalue weighted by Gasteiger charge is 2.29. The number of hydrogen-bond donors (Lipinski definition) is 2. The molecule has 2 aromatic carbocycles. The molecule has 0 aromatic heterocycles. The van der Waals surface area contributed by atoms with Crippen LogP contribution in [0, 0.1) is 18.7 Å². The van der Waals surface area contributed by atoms with Crippen molar-refractivity contribution in [3.63, 3.8) is 0 Å². The van der Waals surface area contributed by atoms with Crippen LogP contribution in [0.25, 0.3) is 0 Å². The molecule has 2 amide bonds. The van der Waals surface area contributed by atoms with E-state index in [9.17, 15) is 17.6 Å². The van der Waals surface area contributed by atoms with Crippen molar-refractivity contribution in [1.82, 2.24) is 9.62 Å². The van der Waals surface area contributed by atoms with Gasteiger partial charge in [0, 0.05) is 30.3 Å². The van der Waals surface area contributed by atoms with Crippen molar-refractivity contribution in [2.45, 2.75) is 31.1 Å². The molecule has 3 rings (SSSR count). The molecule has 1 heterocycles. The highest BCUT2D eigenvalue weighted by Crippen LogP contribution is 2.25. The number of amides is 2. The molecule has 6 nitrogen and oxygen atoms in total. The van der Waals surface area contributed by atoms with Crippen LogP contribution in [0.1, 0.15) is 24.8 Å². The number of carbonyl (C=O) groups is 1. The van der Waals surface area contributed by atoms with Crippen LogP contribution in [0.2, 0.25) is 5.02 Å². The molecule has 0 aliphatic carbocycles. The average Bonchev–Trinajstić information content (AvgIpc) is 2.71. The molecular formula is C21H25ClFN3O3S. The molecule has 0 bridgehead atoms. The number of anilines is 1. The SMILES string of the molecule is Cc1ccc(Cl)cc1NC(=O)NCCC1CCN(S(=O)(=O)c2ccc(F)cc2)CC1. The van der Waals surface area contributed by atoms with Gasteiger partial charge in [-0.2, -0.15) is 4.31 Å². The molecule has 1 saturated heterocycles. The van der Waals surface area contributed by atoms with Crippen molar-refractivity contribution >= 4 is 33.3 Å². The van der Waals surface area contributed by atoms with Crippen LogP contribution in [0.15, 0.2) is 47.4 Å². The van der Waals surface area contributed by atoms with Gasteiger partial charge in [0.25, 0.3) is 0 Å². The van der Waals surface area contributed by atoms with Gasteiger partial charge in [-0.3, -0.25) is 0 Å². The Balaban J connectivity index is 1.43. The van der Waals surface area contributed by atoms with E-state index in [0.29, 0.717) is 36.3 Å². The summed E-state index contributed by atoms with van der Waals surface area (Å²) in [5.74, 6) is -0.132. The summed E-state index contributed by atoms with van der Waals surface area (Å²) in [4.78, 5) is 12.2. The molecule has 1 aliphatic rings. The van der Waals surface area contributed by atoms with Gasteiger partial charge in [-0.25, -0.2) is 17.6 Å². The fourth-order valence-electron chi connectivity index (χ4n) is 3.48. The van der Waals surface area contributed by atoms with E-state index in [1.807, 2.05) is 13.0 Å². The summed E-state index contributed by atoms with van der Waals surface area (Å²) in [6.45, 7) is 3.22. The Morgan fingerprint density at radius 2 is 1.83 bits per heavy atom. The number of piperidine rings is 1. The van der Waals surface area contributed by atoms with E-state index in [0.717, 1.165) is 37.0 Å². The molecule has 0 saturated carbocycles. The highest BCUT2D eigenvalue weighted by atomic mass is 35.5. The van der Waals surface area contributed by atoms with Crippen molar-refractivity contribution < 1.29 is 17.6 Å². The summed E-state index contributed by atoms with van der Waals surface area (Å²) in [7, 11) is -3.60. The van der Waals surface area contributed by atoms with Gasteiger partial charge in [-0.1, -0.05) is 17.7 Å². The average molecular weight is 454 g/mol. The Hall–Kier alpha value is -2.16. The minimum atomic E-state index is -3.60. The Kier molecular flexibility index (Phi) is 7.33. The summed E-state index contributed by atoms with van der Waals surface area (Å²) in [6.07, 6.45) is 2.21. The first-order valence-electron chi connectivity index (χ1n) is 9.82. The van der Waals surface area contributed by atoms with E-state index in [1.54, 1.807) is 12.1 Å². The van der Waals surface area contributed by atoms with E-state index in [-0.39, 0.29) is 10.9 Å². The summed E-state index contributed by atoms with van der Waals surface area (Å²) in [5, 5.41) is 6.18. The summed E-state index contributed by atoms with van der Waals surface area (Å²) >= 11 is 5.96. The summed E-state index contributed by atoms with van der Waals surface area (Å²) < 4.78 is 39.8. The molecule has 0 atom stereocenters. The summed E-state index contributed by atoms with van der Waals surface area (Å²) in [6, 6.07) is 9.91. The number of hydrogen-bond acceptors (Lipinski definition) is 3. The molecule has 2 N–H and O–H groups in total. The van der Waals surface area contributed by atoms with Crippen LogP contribution >= 0.6 is 11.6 Å². The number of carbonyl (C=O) groups excluding carboxylic acids is 1. The minimum absolute atomic E-state index is 0.108. The smallest absolute Gasteiger partial charge is 0.319 e. The van der Waals surface area contributed by atoms with Gasteiger partial charge in [-0.05, 0) is 74.1 Å². The number of urea groups is 1. The van der Waals surface area contributed by atoms with Crippen molar-refractivity contribution in [3.05, 3.63) is 58.9 Å². The van der Waals surface area contributed by atoms with Crippen LogP contribution in [0.5, 0.6) is 0 Å². The molecule has 30 heavy (non-hydrogen) atoms. The van der Waals surface area contributed by atoms with Gasteiger partial charge in [0.05, 0.1) is 4.90 Å². The van der Waals surface area contributed by atoms with E-state index in [4.69, 9.17) is 11.6 Å². The normalized spacial score (nSPS) is 15.7. The zero-order chi connectivity index (χ0) is 21.7. The quantitative estimate of drug-likeness (QED) is 0.680. The molecule has 1 fully saturated rings. The Bertz CT molecular complexity index is 991. The monoisotopic (exact) mass is 453 g/mol. The lowest BCUT2D eigenvalue weighted by Gasteiger charge is -2.31. The van der Waals surface area contributed by atoms with Gasteiger partial charge < -0.3 is 10.6 Å². The van der Waals surface area contributed by atoms with E-state index < -0.39 is 15.8 Å². The second-order valence-corrected chi connectivity index (χ2v) is 9.80. The molecule has 0 spiro atoms. The van der Waals surface area contributed by atoms with Crippen LogP contribution in [0.4, 0.5) is 14.9 Å². The molecule has 2 aromatic rings. The lowest BCUT2D eigenvalue weighted by molar-refractivity contribution is 0.245. The fraction of sp³-hybridized carbons (Fsp3) is 0.381. The topological polar surface area (TPSA) is 78.5 Å². The standard InChI is InChI=1S/C21H25ClFN3O3S/c1-15-2-3-17(22)14-20(15)25-21(27)24-11-8-16-9-12-26(13-10-16)30(28,29)19-6-4-18(23)5-7-19/h2-7,14,16H,8-13H2,1H3,(H2,24,25,27). The molecule has 0 unspecified atom stereocenters. The largest absolute Gasteiger partial charge is 0.338 e. The maximum Gasteiger partial charge on any atom is 0.319 e. The van der Waals surface area contributed by atoms with Crippen molar-refractivity contribution in [2.24, 2.45) is 5.92 Å². The predicted octanol–water partition coefficient (Wildman–Crippen LogP) is 4.40. The number of halogens is 2. The third kappa shape index (κ3) is 5.71. The first kappa shape index (κ1) is 22.5. The molecule has 0 radical (unpaired) electrons. The van der Waals surface area contributed by atoms with Crippen molar-refractivity contribution in [2.75, 3.05) is 25.0 Å². The summed E-state index contributed by atoms with van der Waals surface area (Å²) in [5.41, 5.74) is 1.59. The van der Waals surface area contributed by atoms with E-state index in [2.05, 4.69) is 10.6 Å².